The van der Waals surface area contributed by atoms with Crippen molar-refractivity contribution < 1.29 is 18.0 Å². The van der Waals surface area contributed by atoms with Crippen LogP contribution in [0.5, 0.6) is 0 Å². The quantitative estimate of drug-likeness (QED) is 0.546. The van der Waals surface area contributed by atoms with E-state index in [1.54, 1.807) is 0 Å². The highest BCUT2D eigenvalue weighted by molar-refractivity contribution is 5.95. The largest absolute Gasteiger partial charge is 0.435 e. The van der Waals surface area contributed by atoms with Gasteiger partial charge in [0, 0.05) is 19.3 Å². The number of H-pyrrole nitrogens is 1. The summed E-state index contributed by atoms with van der Waals surface area (Å²) < 4.78 is 40.4. The number of unbranched alkanes of at least 4 members (excludes halogenated alkanes) is 3. The molecule has 9 nitrogen and oxygen atoms in total. The van der Waals surface area contributed by atoms with E-state index in [-0.39, 0.29) is 24.6 Å². The van der Waals surface area contributed by atoms with Crippen molar-refractivity contribution in [2.75, 3.05) is 17.2 Å². The Morgan fingerprint density at radius 1 is 1.19 bits per heavy atom. The number of aromatic nitrogens is 4. The summed E-state index contributed by atoms with van der Waals surface area (Å²) in [5, 5.41) is 3.38. The summed E-state index contributed by atoms with van der Waals surface area (Å²) >= 11 is 0. The van der Waals surface area contributed by atoms with E-state index in [1.165, 1.54) is 4.57 Å². The van der Waals surface area contributed by atoms with Crippen LogP contribution in [-0.4, -0.2) is 31.8 Å². The van der Waals surface area contributed by atoms with E-state index >= 15 is 0 Å². The lowest BCUT2D eigenvalue weighted by molar-refractivity contribution is -0.141. The van der Waals surface area contributed by atoms with Crippen LogP contribution in [0.4, 0.5) is 24.7 Å². The SMILES string of the molecule is CCCCCN(C(=O)Cn1ccc(C(F)(F)F)n1)c1c(N)n(CCCC)c(=O)[nH]c1=O. The van der Waals surface area contributed by atoms with Crippen LogP contribution in [0, 0.1) is 0 Å². The summed E-state index contributed by atoms with van der Waals surface area (Å²) in [4.78, 5) is 41.0. The van der Waals surface area contributed by atoms with Gasteiger partial charge in [0.25, 0.3) is 5.56 Å². The highest BCUT2D eigenvalue weighted by atomic mass is 19.4. The summed E-state index contributed by atoms with van der Waals surface area (Å²) in [6, 6.07) is 0.765. The number of rotatable bonds is 10. The van der Waals surface area contributed by atoms with Crippen molar-refractivity contribution in [1.82, 2.24) is 19.3 Å². The molecule has 31 heavy (non-hydrogen) atoms. The molecule has 2 aromatic heterocycles. The average molecular weight is 444 g/mol. The summed E-state index contributed by atoms with van der Waals surface area (Å²) in [6.07, 6.45) is -0.0312. The van der Waals surface area contributed by atoms with Gasteiger partial charge in [0.2, 0.25) is 5.91 Å². The number of nitrogens with one attached hydrogen (secondary N) is 1. The molecule has 0 spiro atoms. The van der Waals surface area contributed by atoms with Crippen molar-refractivity contribution in [3.05, 3.63) is 38.8 Å². The van der Waals surface area contributed by atoms with Crippen molar-refractivity contribution in [2.24, 2.45) is 0 Å². The first-order valence-electron chi connectivity index (χ1n) is 10.1. The van der Waals surface area contributed by atoms with Crippen LogP contribution in [0.15, 0.2) is 21.9 Å². The van der Waals surface area contributed by atoms with Crippen LogP contribution in [0.2, 0.25) is 0 Å². The molecule has 2 heterocycles. The molecule has 0 aliphatic carbocycles. The van der Waals surface area contributed by atoms with Gasteiger partial charge in [-0.25, -0.2) is 4.79 Å². The Bertz CT molecular complexity index is 1010. The molecule has 0 saturated heterocycles. The fraction of sp³-hybridized carbons (Fsp3) is 0.579. The highest BCUT2D eigenvalue weighted by Gasteiger charge is 2.34. The Kier molecular flexibility index (Phi) is 8.06. The molecular weight excluding hydrogens is 417 g/mol. The number of carbonyl (C=O) groups is 1. The van der Waals surface area contributed by atoms with Gasteiger partial charge in [0.15, 0.2) is 11.4 Å². The van der Waals surface area contributed by atoms with Crippen molar-refractivity contribution in [3.63, 3.8) is 0 Å². The Morgan fingerprint density at radius 2 is 1.87 bits per heavy atom. The van der Waals surface area contributed by atoms with Gasteiger partial charge in [0.1, 0.15) is 12.4 Å². The van der Waals surface area contributed by atoms with E-state index in [2.05, 4.69) is 10.1 Å². The number of carbonyl (C=O) groups excluding carboxylic acids is 1. The fourth-order valence-electron chi connectivity index (χ4n) is 3.08. The molecule has 172 valence electrons. The number of halogens is 3. The Hall–Kier alpha value is -3.05. The molecule has 0 aliphatic heterocycles. The van der Waals surface area contributed by atoms with Crippen LogP contribution < -0.4 is 21.9 Å². The van der Waals surface area contributed by atoms with Crippen molar-refractivity contribution in [1.29, 1.82) is 0 Å². The number of aromatic amines is 1. The van der Waals surface area contributed by atoms with Gasteiger partial charge in [-0.3, -0.25) is 23.8 Å². The molecule has 0 atom stereocenters. The predicted octanol–water partition coefficient (Wildman–Crippen LogP) is 2.36. The molecule has 0 aliphatic rings. The van der Waals surface area contributed by atoms with Crippen LogP contribution in [0.3, 0.4) is 0 Å². The van der Waals surface area contributed by atoms with Gasteiger partial charge in [-0.1, -0.05) is 33.1 Å². The van der Waals surface area contributed by atoms with Crippen molar-refractivity contribution in [2.45, 2.75) is 65.2 Å². The summed E-state index contributed by atoms with van der Waals surface area (Å²) in [6.45, 7) is 3.75. The lowest BCUT2D eigenvalue weighted by Gasteiger charge is -2.24. The molecule has 3 N–H and O–H groups in total. The third kappa shape index (κ3) is 5.98. The van der Waals surface area contributed by atoms with Crippen LogP contribution in [-0.2, 0) is 24.1 Å². The molecule has 1 amide bonds. The normalized spacial score (nSPS) is 11.6. The predicted molar refractivity (Wildman–Crippen MR) is 110 cm³/mol. The zero-order valence-corrected chi connectivity index (χ0v) is 17.5. The van der Waals surface area contributed by atoms with E-state index in [9.17, 15) is 27.6 Å². The van der Waals surface area contributed by atoms with Gasteiger partial charge >= 0.3 is 11.9 Å². The van der Waals surface area contributed by atoms with Gasteiger partial charge in [-0.05, 0) is 18.9 Å². The molecule has 0 aromatic carbocycles. The molecular formula is C19H27F3N6O3. The highest BCUT2D eigenvalue weighted by Crippen LogP contribution is 2.27. The average Bonchev–Trinajstić information content (AvgIpc) is 3.15. The first-order valence-corrected chi connectivity index (χ1v) is 10.1. The van der Waals surface area contributed by atoms with Gasteiger partial charge in [-0.15, -0.1) is 0 Å². The lowest BCUT2D eigenvalue weighted by Crippen LogP contribution is -2.43. The zero-order chi connectivity index (χ0) is 23.2. The second-order valence-corrected chi connectivity index (χ2v) is 7.15. The number of alkyl halides is 3. The van der Waals surface area contributed by atoms with Crippen LogP contribution in [0.25, 0.3) is 0 Å². The zero-order valence-electron chi connectivity index (χ0n) is 17.5. The minimum atomic E-state index is -4.63. The van der Waals surface area contributed by atoms with Crippen LogP contribution >= 0.6 is 0 Å². The van der Waals surface area contributed by atoms with Crippen molar-refractivity contribution >= 4 is 17.4 Å². The van der Waals surface area contributed by atoms with Gasteiger partial charge in [-0.2, -0.15) is 18.3 Å². The number of nitrogens with two attached hydrogens (primary N) is 1. The number of anilines is 2. The third-order valence-corrected chi connectivity index (χ3v) is 4.73. The van der Waals surface area contributed by atoms with E-state index in [0.29, 0.717) is 12.8 Å². The number of nitrogen functional groups attached to an aromatic ring is 1. The molecule has 0 bridgehead atoms. The monoisotopic (exact) mass is 444 g/mol. The molecule has 0 fully saturated rings. The number of nitrogens with zero attached hydrogens (tertiary/aromatic N) is 4. The number of amides is 1. The Balaban J connectivity index is 2.42. The third-order valence-electron chi connectivity index (χ3n) is 4.73. The summed E-state index contributed by atoms with van der Waals surface area (Å²) in [7, 11) is 0. The van der Waals surface area contributed by atoms with Crippen molar-refractivity contribution in [3.8, 4) is 0 Å². The van der Waals surface area contributed by atoms with Crippen LogP contribution in [0.1, 0.15) is 51.6 Å². The standard InChI is InChI=1S/C19H27F3N6O3/c1-3-5-7-10-27(14(29)12-26-11-8-13(25-26)19(20,21)22)15-16(23)28(9-6-4-2)18(31)24-17(15)30/h8,11H,3-7,9-10,12,23H2,1-2H3,(H,24,30,31). The maximum Gasteiger partial charge on any atom is 0.435 e. The summed E-state index contributed by atoms with van der Waals surface area (Å²) in [5.74, 6) is -0.811. The lowest BCUT2D eigenvalue weighted by atomic mass is 10.2. The molecule has 2 aromatic rings. The summed E-state index contributed by atoms with van der Waals surface area (Å²) in [5.41, 5.74) is 3.30. The maximum absolute atomic E-state index is 13.0. The van der Waals surface area contributed by atoms with E-state index in [0.717, 1.165) is 41.1 Å². The molecule has 0 radical (unpaired) electrons. The molecule has 0 unspecified atom stereocenters. The van der Waals surface area contributed by atoms with E-state index in [1.807, 2.05) is 13.8 Å². The van der Waals surface area contributed by atoms with Gasteiger partial charge in [0.05, 0.1) is 0 Å². The molecule has 0 saturated carbocycles. The van der Waals surface area contributed by atoms with Gasteiger partial charge < -0.3 is 10.6 Å². The Labute approximate surface area is 176 Å². The van der Waals surface area contributed by atoms with E-state index in [4.69, 9.17) is 5.73 Å². The number of hydrogen-bond donors (Lipinski definition) is 2. The molecule has 2 rings (SSSR count). The second kappa shape index (κ2) is 10.3. The topological polar surface area (TPSA) is 119 Å². The first-order chi connectivity index (χ1) is 14.6. The Morgan fingerprint density at radius 3 is 2.45 bits per heavy atom. The molecule has 12 heteroatoms. The first kappa shape index (κ1) is 24.2. The minimum absolute atomic E-state index is 0.124. The number of hydrogen-bond acceptors (Lipinski definition) is 5. The van der Waals surface area contributed by atoms with E-state index < -0.39 is 35.6 Å². The minimum Gasteiger partial charge on any atom is -0.383 e. The fourth-order valence-corrected chi connectivity index (χ4v) is 3.08. The maximum atomic E-state index is 13.0. The smallest absolute Gasteiger partial charge is 0.383 e. The second-order valence-electron chi connectivity index (χ2n) is 7.15.